The second kappa shape index (κ2) is 7.36. The summed E-state index contributed by atoms with van der Waals surface area (Å²) in [5, 5.41) is 5.23. The van der Waals surface area contributed by atoms with Gasteiger partial charge in [0.25, 0.3) is 11.8 Å². The van der Waals surface area contributed by atoms with Gasteiger partial charge in [-0.15, -0.1) is 0 Å². The van der Waals surface area contributed by atoms with E-state index < -0.39 is 17.6 Å². The van der Waals surface area contributed by atoms with Crippen molar-refractivity contribution in [1.29, 1.82) is 0 Å². The summed E-state index contributed by atoms with van der Waals surface area (Å²) in [7, 11) is 0. The van der Waals surface area contributed by atoms with E-state index in [9.17, 15) is 14.0 Å². The standard InChI is InChI=1S/C20H14FN3O4/c21-12-3-1-4-13(9-12)22-19(25)15-5-2-6-16(24-15)20(26)23-14-7-8-17-18(10-14)28-11-27-17/h1-10H,11H2,(H,22,25)(H,23,26). The van der Waals surface area contributed by atoms with Crippen molar-refractivity contribution in [3.63, 3.8) is 0 Å². The van der Waals surface area contributed by atoms with Gasteiger partial charge in [-0.2, -0.15) is 0 Å². The molecule has 3 aromatic rings. The van der Waals surface area contributed by atoms with Crippen molar-refractivity contribution >= 4 is 23.2 Å². The minimum atomic E-state index is -0.552. The highest BCUT2D eigenvalue weighted by Gasteiger charge is 2.16. The summed E-state index contributed by atoms with van der Waals surface area (Å²) in [4.78, 5) is 28.9. The Bertz CT molecular complexity index is 1070. The maximum absolute atomic E-state index is 13.2. The number of carbonyl (C=O) groups excluding carboxylic acids is 2. The monoisotopic (exact) mass is 379 g/mol. The third kappa shape index (κ3) is 3.75. The maximum Gasteiger partial charge on any atom is 0.274 e. The Morgan fingerprint density at radius 1 is 0.821 bits per heavy atom. The zero-order valence-electron chi connectivity index (χ0n) is 14.4. The average molecular weight is 379 g/mol. The number of ether oxygens (including phenoxy) is 2. The second-order valence-corrected chi connectivity index (χ2v) is 5.89. The normalized spacial score (nSPS) is 11.8. The summed E-state index contributed by atoms with van der Waals surface area (Å²) in [6.45, 7) is 0.136. The Balaban J connectivity index is 1.48. The molecule has 1 aromatic heterocycles. The zero-order valence-corrected chi connectivity index (χ0v) is 14.4. The first-order chi connectivity index (χ1) is 13.6. The number of fused-ring (bicyclic) bond motifs is 1. The molecule has 0 aliphatic carbocycles. The van der Waals surface area contributed by atoms with Crippen LogP contribution in [0, 0.1) is 5.82 Å². The van der Waals surface area contributed by atoms with Crippen molar-refractivity contribution in [2.24, 2.45) is 0 Å². The molecule has 0 spiro atoms. The number of nitrogens with zero attached hydrogens (tertiary/aromatic N) is 1. The molecule has 2 heterocycles. The highest BCUT2D eigenvalue weighted by molar-refractivity contribution is 6.06. The smallest absolute Gasteiger partial charge is 0.274 e. The fourth-order valence-corrected chi connectivity index (χ4v) is 2.62. The molecular weight excluding hydrogens is 365 g/mol. The van der Waals surface area contributed by atoms with Gasteiger partial charge in [-0.1, -0.05) is 12.1 Å². The van der Waals surface area contributed by atoms with Crippen LogP contribution in [0.5, 0.6) is 11.5 Å². The minimum Gasteiger partial charge on any atom is -0.454 e. The fourth-order valence-electron chi connectivity index (χ4n) is 2.62. The van der Waals surface area contributed by atoms with Crippen molar-refractivity contribution in [3.05, 3.63) is 77.9 Å². The lowest BCUT2D eigenvalue weighted by Crippen LogP contribution is -2.18. The molecule has 0 saturated heterocycles. The van der Waals surface area contributed by atoms with Gasteiger partial charge >= 0.3 is 0 Å². The number of carbonyl (C=O) groups is 2. The van der Waals surface area contributed by atoms with E-state index >= 15 is 0 Å². The molecule has 28 heavy (non-hydrogen) atoms. The van der Waals surface area contributed by atoms with Crippen LogP contribution in [-0.4, -0.2) is 23.6 Å². The van der Waals surface area contributed by atoms with Gasteiger partial charge in [0.1, 0.15) is 17.2 Å². The Morgan fingerprint density at radius 2 is 1.46 bits per heavy atom. The summed E-state index contributed by atoms with van der Waals surface area (Å²) in [6.07, 6.45) is 0. The van der Waals surface area contributed by atoms with Crippen LogP contribution in [-0.2, 0) is 0 Å². The van der Waals surface area contributed by atoms with Gasteiger partial charge in [-0.3, -0.25) is 9.59 Å². The first kappa shape index (κ1) is 17.5. The molecule has 1 aliphatic heterocycles. The number of amides is 2. The van der Waals surface area contributed by atoms with Crippen LogP contribution in [0.4, 0.5) is 15.8 Å². The Labute approximate surface area is 159 Å². The Hall–Kier alpha value is -3.94. The molecule has 4 rings (SSSR count). The predicted molar refractivity (Wildman–Crippen MR) is 99.1 cm³/mol. The number of halogens is 1. The van der Waals surface area contributed by atoms with Crippen LogP contribution in [0.1, 0.15) is 21.0 Å². The number of rotatable bonds is 4. The second-order valence-electron chi connectivity index (χ2n) is 5.89. The highest BCUT2D eigenvalue weighted by atomic mass is 19.1. The van der Waals surface area contributed by atoms with E-state index in [2.05, 4.69) is 15.6 Å². The summed E-state index contributed by atoms with van der Waals surface area (Å²) < 4.78 is 23.7. The molecule has 1 aliphatic rings. The van der Waals surface area contributed by atoms with E-state index in [0.717, 1.165) is 0 Å². The molecule has 7 nitrogen and oxygen atoms in total. The summed E-state index contributed by atoms with van der Waals surface area (Å²) in [5.74, 6) is -0.369. The van der Waals surface area contributed by atoms with Crippen LogP contribution < -0.4 is 20.1 Å². The van der Waals surface area contributed by atoms with Crippen LogP contribution >= 0.6 is 0 Å². The number of nitrogens with one attached hydrogen (secondary N) is 2. The third-order valence-corrected chi connectivity index (χ3v) is 3.93. The van der Waals surface area contributed by atoms with E-state index in [0.29, 0.717) is 22.9 Å². The van der Waals surface area contributed by atoms with Crippen molar-refractivity contribution in [3.8, 4) is 11.5 Å². The van der Waals surface area contributed by atoms with E-state index in [-0.39, 0.29) is 18.2 Å². The molecule has 0 radical (unpaired) electrons. The summed E-state index contributed by atoms with van der Waals surface area (Å²) in [6, 6.07) is 15.0. The molecule has 0 unspecified atom stereocenters. The van der Waals surface area contributed by atoms with Crippen molar-refractivity contribution in [2.45, 2.75) is 0 Å². The predicted octanol–water partition coefficient (Wildman–Crippen LogP) is 3.45. The third-order valence-electron chi connectivity index (χ3n) is 3.93. The van der Waals surface area contributed by atoms with Crippen LogP contribution in [0.2, 0.25) is 0 Å². The summed E-state index contributed by atoms with van der Waals surface area (Å²) >= 11 is 0. The van der Waals surface area contributed by atoms with Crippen LogP contribution in [0.25, 0.3) is 0 Å². The lowest BCUT2D eigenvalue weighted by Gasteiger charge is -2.08. The zero-order chi connectivity index (χ0) is 19.5. The minimum absolute atomic E-state index is 0.0302. The molecule has 2 amide bonds. The maximum atomic E-state index is 13.2. The van der Waals surface area contributed by atoms with Gasteiger partial charge < -0.3 is 20.1 Å². The molecule has 0 fully saturated rings. The first-order valence-electron chi connectivity index (χ1n) is 8.33. The molecule has 0 saturated carbocycles. The number of anilines is 2. The van der Waals surface area contributed by atoms with Crippen LogP contribution in [0.3, 0.4) is 0 Å². The SMILES string of the molecule is O=C(Nc1cccc(F)c1)c1cccc(C(=O)Nc2ccc3c(c2)OCO3)n1. The Morgan fingerprint density at radius 3 is 2.18 bits per heavy atom. The lowest BCUT2D eigenvalue weighted by atomic mass is 10.2. The Kier molecular flexibility index (Phi) is 4.59. The molecular formula is C20H14FN3O4. The van der Waals surface area contributed by atoms with E-state index in [1.165, 1.54) is 30.3 Å². The van der Waals surface area contributed by atoms with Crippen molar-refractivity contribution < 1.29 is 23.5 Å². The molecule has 2 N–H and O–H groups in total. The van der Waals surface area contributed by atoms with Crippen molar-refractivity contribution in [1.82, 2.24) is 4.98 Å². The van der Waals surface area contributed by atoms with Crippen LogP contribution in [0.15, 0.2) is 60.7 Å². The molecule has 0 atom stereocenters. The average Bonchev–Trinajstić information content (AvgIpc) is 3.16. The van der Waals surface area contributed by atoms with E-state index in [1.54, 1.807) is 30.3 Å². The van der Waals surface area contributed by atoms with Crippen molar-refractivity contribution in [2.75, 3.05) is 17.4 Å². The number of hydrogen-bond acceptors (Lipinski definition) is 5. The number of pyridine rings is 1. The number of benzene rings is 2. The molecule has 0 bridgehead atoms. The van der Waals surface area contributed by atoms with Gasteiger partial charge in [0, 0.05) is 17.4 Å². The quantitative estimate of drug-likeness (QED) is 0.725. The van der Waals surface area contributed by atoms with Gasteiger partial charge in [-0.05, 0) is 42.5 Å². The number of hydrogen-bond donors (Lipinski definition) is 2. The largest absolute Gasteiger partial charge is 0.454 e. The van der Waals surface area contributed by atoms with E-state index in [1.807, 2.05) is 0 Å². The van der Waals surface area contributed by atoms with E-state index in [4.69, 9.17) is 9.47 Å². The van der Waals surface area contributed by atoms with Gasteiger partial charge in [-0.25, -0.2) is 9.37 Å². The highest BCUT2D eigenvalue weighted by Crippen LogP contribution is 2.34. The first-order valence-corrected chi connectivity index (χ1v) is 8.33. The lowest BCUT2D eigenvalue weighted by molar-refractivity contribution is 0.101. The topological polar surface area (TPSA) is 89.6 Å². The van der Waals surface area contributed by atoms with Gasteiger partial charge in [0.05, 0.1) is 0 Å². The van der Waals surface area contributed by atoms with Gasteiger partial charge in [0.15, 0.2) is 11.5 Å². The molecule has 140 valence electrons. The molecule has 2 aromatic carbocycles. The van der Waals surface area contributed by atoms with Gasteiger partial charge in [0.2, 0.25) is 6.79 Å². The molecule has 8 heteroatoms. The summed E-state index contributed by atoms with van der Waals surface area (Å²) in [5.41, 5.74) is 0.889. The number of aromatic nitrogens is 1. The fraction of sp³-hybridized carbons (Fsp3) is 0.0500.